The number of nitrogens with zero attached hydrogens (tertiary/aromatic N) is 4. The van der Waals surface area contributed by atoms with Gasteiger partial charge in [0.1, 0.15) is 29.6 Å². The molecule has 0 radical (unpaired) electrons. The molecular weight excluding hydrogens is 506 g/mol. The molecule has 1 aromatic heterocycles. The van der Waals surface area contributed by atoms with Crippen LogP contribution in [0, 0.1) is 13.8 Å². The summed E-state index contributed by atoms with van der Waals surface area (Å²) in [6, 6.07) is 17.7. The van der Waals surface area contributed by atoms with Gasteiger partial charge in [-0.15, -0.1) is 5.10 Å². The molecule has 0 aliphatic heterocycles. The molecule has 0 saturated heterocycles. The molecule has 208 valence electrons. The fraction of sp³-hybridized carbons (Fsp3) is 0.355. The van der Waals surface area contributed by atoms with Crippen LogP contribution >= 0.6 is 0 Å². The van der Waals surface area contributed by atoms with E-state index >= 15 is 0 Å². The molecule has 0 bridgehead atoms. The Morgan fingerprint density at radius 3 is 2.52 bits per heavy atom. The topological polar surface area (TPSA) is 98.6 Å². The first-order chi connectivity index (χ1) is 19.4. The zero-order valence-corrected chi connectivity index (χ0v) is 23.4. The molecule has 1 aliphatic carbocycles. The van der Waals surface area contributed by atoms with Gasteiger partial charge in [0.2, 0.25) is 11.8 Å². The highest BCUT2D eigenvalue weighted by molar-refractivity contribution is 6.02. The van der Waals surface area contributed by atoms with Crippen molar-refractivity contribution in [1.82, 2.24) is 20.3 Å². The average molecular weight is 542 g/mol. The van der Waals surface area contributed by atoms with Gasteiger partial charge in [0.15, 0.2) is 0 Å². The van der Waals surface area contributed by atoms with Crippen LogP contribution in [0.15, 0.2) is 60.7 Å². The lowest BCUT2D eigenvalue weighted by Gasteiger charge is -2.34. The third-order valence-electron chi connectivity index (χ3n) is 7.53. The molecule has 1 aliphatic rings. The molecule has 1 saturated carbocycles. The van der Waals surface area contributed by atoms with Gasteiger partial charge in [-0.3, -0.25) is 14.5 Å². The van der Waals surface area contributed by atoms with E-state index in [-0.39, 0.29) is 24.4 Å². The highest BCUT2D eigenvalue weighted by atomic mass is 16.5. The van der Waals surface area contributed by atoms with Crippen molar-refractivity contribution in [3.05, 3.63) is 77.4 Å². The number of rotatable bonds is 9. The van der Waals surface area contributed by atoms with Crippen LogP contribution in [0.3, 0.4) is 0 Å². The number of hydrogen-bond donors (Lipinski definition) is 1. The number of para-hydroxylation sites is 1. The van der Waals surface area contributed by atoms with Gasteiger partial charge in [0.05, 0.1) is 19.7 Å². The summed E-state index contributed by atoms with van der Waals surface area (Å²) >= 11 is 0. The lowest BCUT2D eigenvalue weighted by atomic mass is 9.99. The molecule has 1 fully saturated rings. The summed E-state index contributed by atoms with van der Waals surface area (Å²) in [5.74, 6) is 0.493. The number of benzene rings is 3. The number of methoxy groups -OCH3 is 2. The Kier molecular flexibility index (Phi) is 8.00. The summed E-state index contributed by atoms with van der Waals surface area (Å²) in [5, 5.41) is 11.7. The van der Waals surface area contributed by atoms with Gasteiger partial charge in [0.25, 0.3) is 0 Å². The number of aromatic nitrogens is 3. The van der Waals surface area contributed by atoms with Gasteiger partial charge < -0.3 is 14.8 Å². The number of hydrogen-bond acceptors (Lipinski definition) is 6. The highest BCUT2D eigenvalue weighted by Gasteiger charge is 2.37. The Hall–Kier alpha value is -4.40. The van der Waals surface area contributed by atoms with E-state index in [1.165, 1.54) is 0 Å². The zero-order chi connectivity index (χ0) is 28.2. The number of nitrogens with one attached hydrogen (secondary N) is 1. The van der Waals surface area contributed by atoms with Crippen molar-refractivity contribution in [2.24, 2.45) is 0 Å². The third kappa shape index (κ3) is 5.50. The van der Waals surface area contributed by atoms with Gasteiger partial charge in [0, 0.05) is 23.4 Å². The molecule has 9 nitrogen and oxygen atoms in total. The molecule has 1 unspecified atom stereocenters. The molecule has 1 heterocycles. The van der Waals surface area contributed by atoms with Crippen molar-refractivity contribution in [3.8, 4) is 11.5 Å². The van der Waals surface area contributed by atoms with Crippen LogP contribution in [-0.2, 0) is 16.1 Å². The zero-order valence-electron chi connectivity index (χ0n) is 23.4. The number of ether oxygens (including phenoxy) is 2. The van der Waals surface area contributed by atoms with Crippen molar-refractivity contribution in [2.45, 2.75) is 58.2 Å². The fourth-order valence-corrected chi connectivity index (χ4v) is 5.52. The van der Waals surface area contributed by atoms with Gasteiger partial charge in [-0.1, -0.05) is 47.9 Å². The van der Waals surface area contributed by atoms with Crippen LogP contribution in [0.25, 0.3) is 11.0 Å². The van der Waals surface area contributed by atoms with E-state index in [1.807, 2.05) is 56.3 Å². The molecule has 9 heteroatoms. The Morgan fingerprint density at radius 1 is 1.02 bits per heavy atom. The number of aryl methyl sites for hydroxylation is 2. The summed E-state index contributed by atoms with van der Waals surface area (Å²) in [6.45, 7) is 3.85. The molecule has 4 aromatic rings. The Bertz CT molecular complexity index is 1530. The smallest absolute Gasteiger partial charge is 0.249 e. The quantitative estimate of drug-likeness (QED) is 0.324. The second kappa shape index (κ2) is 11.8. The second-order valence-corrected chi connectivity index (χ2v) is 10.3. The molecule has 2 amide bonds. The van der Waals surface area contributed by atoms with Gasteiger partial charge in [-0.05, 0) is 62.6 Å². The van der Waals surface area contributed by atoms with Crippen molar-refractivity contribution in [3.63, 3.8) is 0 Å². The summed E-state index contributed by atoms with van der Waals surface area (Å²) in [6.07, 6.45) is 3.97. The van der Waals surface area contributed by atoms with Gasteiger partial charge in [-0.2, -0.15) is 0 Å². The maximum atomic E-state index is 14.4. The van der Waals surface area contributed by atoms with Crippen LogP contribution in [0.5, 0.6) is 11.5 Å². The minimum absolute atomic E-state index is 0.0644. The highest BCUT2D eigenvalue weighted by Crippen LogP contribution is 2.37. The monoisotopic (exact) mass is 541 g/mol. The van der Waals surface area contributed by atoms with E-state index in [1.54, 1.807) is 42.0 Å². The first-order valence-corrected chi connectivity index (χ1v) is 13.6. The fourth-order valence-electron chi connectivity index (χ4n) is 5.52. The third-order valence-corrected chi connectivity index (χ3v) is 7.53. The first kappa shape index (κ1) is 27.2. The Balaban J connectivity index is 1.65. The maximum Gasteiger partial charge on any atom is 0.249 e. The molecule has 40 heavy (non-hydrogen) atoms. The lowest BCUT2D eigenvalue weighted by Crippen LogP contribution is -2.47. The van der Waals surface area contributed by atoms with Crippen molar-refractivity contribution in [1.29, 1.82) is 0 Å². The lowest BCUT2D eigenvalue weighted by molar-refractivity contribution is -0.127. The van der Waals surface area contributed by atoms with Crippen LogP contribution in [-0.4, -0.2) is 47.1 Å². The van der Waals surface area contributed by atoms with Crippen LogP contribution in [0.1, 0.15) is 48.4 Å². The van der Waals surface area contributed by atoms with Gasteiger partial charge in [-0.25, -0.2) is 4.68 Å². The van der Waals surface area contributed by atoms with E-state index < -0.39 is 6.04 Å². The predicted molar refractivity (Wildman–Crippen MR) is 154 cm³/mol. The largest absolute Gasteiger partial charge is 0.497 e. The summed E-state index contributed by atoms with van der Waals surface area (Å²) in [7, 11) is 3.13. The molecule has 1 N–H and O–H groups in total. The molecule has 1 atom stereocenters. The number of fused-ring (bicyclic) bond motifs is 1. The van der Waals surface area contributed by atoms with Crippen LogP contribution in [0.2, 0.25) is 0 Å². The summed E-state index contributed by atoms with van der Waals surface area (Å²) < 4.78 is 12.7. The van der Waals surface area contributed by atoms with Gasteiger partial charge >= 0.3 is 0 Å². The molecule has 5 rings (SSSR count). The molecule has 0 spiro atoms. The van der Waals surface area contributed by atoms with E-state index in [9.17, 15) is 9.59 Å². The van der Waals surface area contributed by atoms with E-state index in [2.05, 4.69) is 15.6 Å². The maximum absolute atomic E-state index is 14.4. The normalized spacial score (nSPS) is 14.2. The Labute approximate surface area is 234 Å². The SMILES string of the molecule is COc1ccc(C(C(=O)NC2CCCC2)N(C(=O)Cn2nnc3ccccc32)c2ccc(C)cc2C)c(OC)c1. The second-order valence-electron chi connectivity index (χ2n) is 10.3. The number of amides is 2. The summed E-state index contributed by atoms with van der Waals surface area (Å²) in [4.78, 5) is 30.2. The minimum atomic E-state index is -0.995. The van der Waals surface area contributed by atoms with Crippen LogP contribution < -0.4 is 19.7 Å². The predicted octanol–water partition coefficient (Wildman–Crippen LogP) is 4.90. The Morgan fingerprint density at radius 2 is 1.80 bits per heavy atom. The first-order valence-electron chi connectivity index (χ1n) is 13.6. The molecule has 3 aromatic carbocycles. The minimum Gasteiger partial charge on any atom is -0.497 e. The number of carbonyl (C=O) groups excluding carboxylic acids is 2. The van der Waals surface area contributed by atoms with E-state index in [0.717, 1.165) is 42.3 Å². The average Bonchev–Trinajstić information content (AvgIpc) is 3.62. The van der Waals surface area contributed by atoms with Crippen molar-refractivity contribution < 1.29 is 19.1 Å². The van der Waals surface area contributed by atoms with E-state index in [0.29, 0.717) is 28.3 Å². The standard InChI is InChI=1S/C31H35N5O4/c1-20-13-16-26(21(2)17-20)36(29(37)19-35-27-12-8-7-11-25(27)33-34-35)30(31(38)32-22-9-5-6-10-22)24-15-14-23(39-3)18-28(24)40-4/h7-8,11-18,22,30H,5-6,9-10,19H2,1-4H3,(H,32,38). The van der Waals surface area contributed by atoms with E-state index in [4.69, 9.17) is 9.47 Å². The summed E-state index contributed by atoms with van der Waals surface area (Å²) in [5.41, 5.74) is 4.58. The molecular formula is C31H35N5O4. The van der Waals surface area contributed by atoms with Crippen LogP contribution in [0.4, 0.5) is 5.69 Å². The van der Waals surface area contributed by atoms with Crippen molar-refractivity contribution in [2.75, 3.05) is 19.1 Å². The number of anilines is 1. The van der Waals surface area contributed by atoms with Crippen molar-refractivity contribution >= 4 is 28.5 Å². The number of carbonyl (C=O) groups is 2.